The standard InChI is InChI=1S/C11H12N4O/c12-10-9(7-14-15-10)6-13-11(16)8-4-2-1-3-5-8/h1-5,7H,6H2,(H,13,16)(H3,12,14,15). The fourth-order valence-electron chi connectivity index (χ4n) is 1.33. The number of aromatic amines is 1. The van der Waals surface area contributed by atoms with Crippen LogP contribution in [-0.4, -0.2) is 16.1 Å². The molecule has 16 heavy (non-hydrogen) atoms. The van der Waals surface area contributed by atoms with Crippen molar-refractivity contribution in [1.29, 1.82) is 0 Å². The first-order valence-corrected chi connectivity index (χ1v) is 4.88. The fraction of sp³-hybridized carbons (Fsp3) is 0.0909. The van der Waals surface area contributed by atoms with E-state index in [9.17, 15) is 4.79 Å². The van der Waals surface area contributed by atoms with Gasteiger partial charge < -0.3 is 11.1 Å². The lowest BCUT2D eigenvalue weighted by Crippen LogP contribution is -2.22. The third-order valence-electron chi connectivity index (χ3n) is 2.23. The summed E-state index contributed by atoms with van der Waals surface area (Å²) in [5.41, 5.74) is 7.01. The minimum Gasteiger partial charge on any atom is -0.384 e. The molecule has 1 aromatic heterocycles. The molecule has 1 amide bonds. The first kappa shape index (κ1) is 10.2. The van der Waals surface area contributed by atoms with Gasteiger partial charge in [-0.15, -0.1) is 0 Å². The van der Waals surface area contributed by atoms with Gasteiger partial charge in [0.1, 0.15) is 5.82 Å². The van der Waals surface area contributed by atoms with Crippen LogP contribution in [0, 0.1) is 0 Å². The summed E-state index contributed by atoms with van der Waals surface area (Å²) in [5, 5.41) is 9.14. The zero-order valence-corrected chi connectivity index (χ0v) is 8.60. The van der Waals surface area contributed by atoms with Crippen molar-refractivity contribution < 1.29 is 4.79 Å². The molecule has 2 aromatic rings. The Morgan fingerprint density at radius 2 is 2.12 bits per heavy atom. The van der Waals surface area contributed by atoms with Crippen molar-refractivity contribution in [2.24, 2.45) is 0 Å². The third kappa shape index (κ3) is 2.20. The summed E-state index contributed by atoms with van der Waals surface area (Å²) >= 11 is 0. The molecule has 2 rings (SSSR count). The third-order valence-corrected chi connectivity index (χ3v) is 2.23. The number of hydrogen-bond donors (Lipinski definition) is 3. The molecule has 0 aliphatic carbocycles. The number of carbonyl (C=O) groups is 1. The average molecular weight is 216 g/mol. The zero-order chi connectivity index (χ0) is 11.4. The van der Waals surface area contributed by atoms with E-state index >= 15 is 0 Å². The number of nitrogens with one attached hydrogen (secondary N) is 2. The SMILES string of the molecule is Nc1[nH]ncc1CNC(=O)c1ccccc1. The molecule has 0 saturated carbocycles. The summed E-state index contributed by atoms with van der Waals surface area (Å²) in [6, 6.07) is 9.02. The van der Waals surface area contributed by atoms with Crippen LogP contribution in [0.25, 0.3) is 0 Å². The van der Waals surface area contributed by atoms with Crippen LogP contribution in [0.4, 0.5) is 5.82 Å². The van der Waals surface area contributed by atoms with Crippen molar-refractivity contribution in [3.63, 3.8) is 0 Å². The van der Waals surface area contributed by atoms with Crippen molar-refractivity contribution in [2.75, 3.05) is 5.73 Å². The van der Waals surface area contributed by atoms with E-state index in [1.54, 1.807) is 18.3 Å². The van der Waals surface area contributed by atoms with E-state index in [-0.39, 0.29) is 5.91 Å². The maximum absolute atomic E-state index is 11.7. The minimum absolute atomic E-state index is 0.124. The van der Waals surface area contributed by atoms with Gasteiger partial charge in [0.2, 0.25) is 0 Å². The molecule has 0 fully saturated rings. The van der Waals surface area contributed by atoms with Crippen LogP contribution in [0.1, 0.15) is 15.9 Å². The maximum Gasteiger partial charge on any atom is 0.251 e. The molecule has 0 saturated heterocycles. The summed E-state index contributed by atoms with van der Waals surface area (Å²) in [6.07, 6.45) is 1.60. The number of nitrogens with two attached hydrogens (primary N) is 1. The number of nitrogens with zero attached hydrogens (tertiary/aromatic N) is 1. The summed E-state index contributed by atoms with van der Waals surface area (Å²) in [6.45, 7) is 0.371. The Bertz CT molecular complexity index is 478. The van der Waals surface area contributed by atoms with Crippen LogP contribution < -0.4 is 11.1 Å². The van der Waals surface area contributed by atoms with Crippen LogP contribution in [0.15, 0.2) is 36.5 Å². The van der Waals surface area contributed by atoms with Crippen molar-refractivity contribution in [3.05, 3.63) is 47.7 Å². The van der Waals surface area contributed by atoms with E-state index in [2.05, 4.69) is 15.5 Å². The summed E-state index contributed by atoms with van der Waals surface area (Å²) in [5.74, 6) is 0.356. The number of nitrogen functional groups attached to an aromatic ring is 1. The fourth-order valence-corrected chi connectivity index (χ4v) is 1.33. The van der Waals surface area contributed by atoms with Gasteiger partial charge in [0, 0.05) is 17.7 Å². The van der Waals surface area contributed by atoms with Crippen molar-refractivity contribution in [1.82, 2.24) is 15.5 Å². The second kappa shape index (κ2) is 4.48. The van der Waals surface area contributed by atoms with Gasteiger partial charge in [0.25, 0.3) is 5.91 Å². The number of rotatable bonds is 3. The Hall–Kier alpha value is -2.30. The highest BCUT2D eigenvalue weighted by molar-refractivity contribution is 5.94. The first-order chi connectivity index (χ1) is 7.77. The molecule has 5 nitrogen and oxygen atoms in total. The van der Waals surface area contributed by atoms with Gasteiger partial charge in [-0.25, -0.2) is 0 Å². The van der Waals surface area contributed by atoms with Crippen LogP contribution in [0.5, 0.6) is 0 Å². The Labute approximate surface area is 92.7 Å². The predicted octanol–water partition coefficient (Wildman–Crippen LogP) is 0.922. The van der Waals surface area contributed by atoms with E-state index in [4.69, 9.17) is 5.73 Å². The van der Waals surface area contributed by atoms with E-state index < -0.39 is 0 Å². The largest absolute Gasteiger partial charge is 0.384 e. The number of carbonyl (C=O) groups excluding carboxylic acids is 1. The normalized spacial score (nSPS) is 10.0. The van der Waals surface area contributed by atoms with Gasteiger partial charge in [-0.05, 0) is 12.1 Å². The van der Waals surface area contributed by atoms with E-state index in [1.807, 2.05) is 18.2 Å². The van der Waals surface area contributed by atoms with E-state index in [0.29, 0.717) is 17.9 Å². The predicted molar refractivity (Wildman–Crippen MR) is 60.6 cm³/mol. The number of benzene rings is 1. The van der Waals surface area contributed by atoms with Crippen LogP contribution in [0.3, 0.4) is 0 Å². The second-order valence-corrected chi connectivity index (χ2v) is 3.36. The molecule has 0 atom stereocenters. The quantitative estimate of drug-likeness (QED) is 0.713. The Balaban J connectivity index is 1.97. The topological polar surface area (TPSA) is 83.8 Å². The molecule has 0 unspecified atom stereocenters. The highest BCUT2D eigenvalue weighted by Crippen LogP contribution is 2.05. The van der Waals surface area contributed by atoms with Crippen LogP contribution in [0.2, 0.25) is 0 Å². The monoisotopic (exact) mass is 216 g/mol. The molecule has 4 N–H and O–H groups in total. The number of hydrogen-bond acceptors (Lipinski definition) is 3. The number of H-pyrrole nitrogens is 1. The number of aromatic nitrogens is 2. The van der Waals surface area contributed by atoms with Gasteiger partial charge in [-0.3, -0.25) is 9.89 Å². The minimum atomic E-state index is -0.124. The maximum atomic E-state index is 11.7. The summed E-state index contributed by atoms with van der Waals surface area (Å²) in [7, 11) is 0. The number of anilines is 1. The van der Waals surface area contributed by atoms with Gasteiger partial charge in [-0.1, -0.05) is 18.2 Å². The average Bonchev–Trinajstić information content (AvgIpc) is 2.73. The Morgan fingerprint density at radius 1 is 1.38 bits per heavy atom. The first-order valence-electron chi connectivity index (χ1n) is 4.88. The van der Waals surface area contributed by atoms with Crippen molar-refractivity contribution in [3.8, 4) is 0 Å². The number of amides is 1. The van der Waals surface area contributed by atoms with Crippen molar-refractivity contribution >= 4 is 11.7 Å². The van der Waals surface area contributed by atoms with Crippen LogP contribution in [-0.2, 0) is 6.54 Å². The molecule has 82 valence electrons. The Morgan fingerprint density at radius 3 is 2.75 bits per heavy atom. The molecule has 0 aliphatic heterocycles. The van der Waals surface area contributed by atoms with Crippen molar-refractivity contribution in [2.45, 2.75) is 6.54 Å². The smallest absolute Gasteiger partial charge is 0.251 e. The van der Waals surface area contributed by atoms with Crippen LogP contribution >= 0.6 is 0 Å². The molecule has 0 radical (unpaired) electrons. The lowest BCUT2D eigenvalue weighted by molar-refractivity contribution is 0.0951. The summed E-state index contributed by atoms with van der Waals surface area (Å²) < 4.78 is 0. The van der Waals surface area contributed by atoms with E-state index in [1.165, 1.54) is 0 Å². The summed E-state index contributed by atoms with van der Waals surface area (Å²) in [4.78, 5) is 11.7. The van der Waals surface area contributed by atoms with E-state index in [0.717, 1.165) is 5.56 Å². The van der Waals surface area contributed by atoms with Gasteiger partial charge in [0.15, 0.2) is 0 Å². The van der Waals surface area contributed by atoms with Gasteiger partial charge in [-0.2, -0.15) is 5.10 Å². The highest BCUT2D eigenvalue weighted by Gasteiger charge is 2.06. The van der Waals surface area contributed by atoms with Gasteiger partial charge in [0.05, 0.1) is 6.20 Å². The lowest BCUT2D eigenvalue weighted by Gasteiger charge is -2.03. The second-order valence-electron chi connectivity index (χ2n) is 3.36. The molecule has 0 spiro atoms. The lowest BCUT2D eigenvalue weighted by atomic mass is 10.2. The molecular formula is C11H12N4O. The molecule has 5 heteroatoms. The molecule has 0 aliphatic rings. The molecule has 1 aromatic carbocycles. The Kier molecular flexibility index (Phi) is 2.86. The molecule has 1 heterocycles. The highest BCUT2D eigenvalue weighted by atomic mass is 16.1. The van der Waals surface area contributed by atoms with Gasteiger partial charge >= 0.3 is 0 Å². The molecule has 0 bridgehead atoms. The zero-order valence-electron chi connectivity index (χ0n) is 8.60. The molecular weight excluding hydrogens is 204 g/mol.